The van der Waals surface area contributed by atoms with Crippen molar-refractivity contribution in [2.75, 3.05) is 5.32 Å². The molecular weight excluding hydrogens is 382 g/mol. The number of nitrogens with one attached hydrogen (secondary N) is 2. The summed E-state index contributed by atoms with van der Waals surface area (Å²) in [5, 5.41) is 5.91. The lowest BCUT2D eigenvalue weighted by molar-refractivity contribution is 0.0942. The van der Waals surface area contributed by atoms with Crippen LogP contribution in [0.5, 0.6) is 0 Å². The van der Waals surface area contributed by atoms with Gasteiger partial charge in [0.1, 0.15) is 11.6 Å². The summed E-state index contributed by atoms with van der Waals surface area (Å²) in [4.78, 5) is 25.2. The normalized spacial score (nSPS) is 11.7. The highest BCUT2D eigenvalue weighted by atomic mass is 32.1. The fourth-order valence-electron chi connectivity index (χ4n) is 2.75. The van der Waals surface area contributed by atoms with Crippen molar-refractivity contribution >= 4 is 28.2 Å². The Morgan fingerprint density at radius 3 is 2.46 bits per heavy atom. The Morgan fingerprint density at radius 2 is 1.75 bits per heavy atom. The summed E-state index contributed by atoms with van der Waals surface area (Å²) in [7, 11) is 0. The molecular formula is C21H18F2N2O2S. The molecule has 0 bridgehead atoms. The molecule has 0 aliphatic carbocycles. The Bertz CT molecular complexity index is 1030. The molecule has 1 heterocycles. The van der Waals surface area contributed by atoms with Crippen LogP contribution >= 0.6 is 11.3 Å². The molecule has 3 aromatic rings. The maximum atomic E-state index is 13.9. The van der Waals surface area contributed by atoms with Crippen molar-refractivity contribution in [3.8, 4) is 0 Å². The lowest BCUT2D eigenvalue weighted by atomic mass is 10.1. The van der Waals surface area contributed by atoms with Gasteiger partial charge in [-0.15, -0.1) is 11.3 Å². The average molecular weight is 400 g/mol. The van der Waals surface area contributed by atoms with Gasteiger partial charge in [0, 0.05) is 11.1 Å². The van der Waals surface area contributed by atoms with Crippen LogP contribution in [0.1, 0.15) is 44.1 Å². The van der Waals surface area contributed by atoms with Crippen molar-refractivity contribution in [2.24, 2.45) is 0 Å². The van der Waals surface area contributed by atoms with Crippen LogP contribution in [0.15, 0.2) is 54.6 Å². The summed E-state index contributed by atoms with van der Waals surface area (Å²) in [6.07, 6.45) is 0. The van der Waals surface area contributed by atoms with Crippen molar-refractivity contribution in [3.05, 3.63) is 87.8 Å². The molecule has 0 aliphatic rings. The van der Waals surface area contributed by atoms with Crippen LogP contribution in [0, 0.1) is 18.6 Å². The third kappa shape index (κ3) is 4.43. The van der Waals surface area contributed by atoms with Gasteiger partial charge in [0.25, 0.3) is 11.8 Å². The summed E-state index contributed by atoms with van der Waals surface area (Å²) in [5.74, 6) is -1.71. The van der Waals surface area contributed by atoms with Gasteiger partial charge in [0.05, 0.1) is 15.9 Å². The van der Waals surface area contributed by atoms with Crippen molar-refractivity contribution in [3.63, 3.8) is 0 Å². The second-order valence-electron chi connectivity index (χ2n) is 6.30. The van der Waals surface area contributed by atoms with E-state index in [0.29, 0.717) is 21.0 Å². The summed E-state index contributed by atoms with van der Waals surface area (Å²) in [6, 6.07) is 12.8. The molecule has 0 radical (unpaired) electrons. The summed E-state index contributed by atoms with van der Waals surface area (Å²) in [5.41, 5.74) is 1.26. The van der Waals surface area contributed by atoms with Crippen molar-refractivity contribution in [1.29, 1.82) is 0 Å². The highest BCUT2D eigenvalue weighted by molar-refractivity contribution is 7.18. The standard InChI is InChI=1S/C21H18F2N2O2S/c1-12-10-18(25-20(26)14-6-5-7-15(22)11-14)28-19(12)21(27)24-13(2)16-8-3-4-9-17(16)23/h3-11,13H,1-2H3,(H,24,27)(H,25,26)/t13-/m0/s1. The third-order valence-corrected chi connectivity index (χ3v) is 5.32. The largest absolute Gasteiger partial charge is 0.345 e. The molecule has 0 fully saturated rings. The molecule has 3 rings (SSSR count). The van der Waals surface area contributed by atoms with E-state index in [1.807, 2.05) is 0 Å². The van der Waals surface area contributed by atoms with Gasteiger partial charge in [-0.1, -0.05) is 24.3 Å². The Balaban J connectivity index is 1.72. The highest BCUT2D eigenvalue weighted by Crippen LogP contribution is 2.28. The molecule has 7 heteroatoms. The molecule has 0 spiro atoms. The summed E-state index contributed by atoms with van der Waals surface area (Å²) < 4.78 is 27.2. The number of hydrogen-bond donors (Lipinski definition) is 2. The quantitative estimate of drug-likeness (QED) is 0.628. The van der Waals surface area contributed by atoms with Crippen molar-refractivity contribution < 1.29 is 18.4 Å². The molecule has 28 heavy (non-hydrogen) atoms. The molecule has 1 atom stereocenters. The third-order valence-electron chi connectivity index (χ3n) is 4.17. The van der Waals surface area contributed by atoms with E-state index in [2.05, 4.69) is 10.6 Å². The molecule has 1 aromatic heterocycles. The highest BCUT2D eigenvalue weighted by Gasteiger charge is 2.19. The van der Waals surface area contributed by atoms with Gasteiger partial charge in [0.15, 0.2) is 0 Å². The van der Waals surface area contributed by atoms with Gasteiger partial charge >= 0.3 is 0 Å². The van der Waals surface area contributed by atoms with Crippen LogP contribution in [0.4, 0.5) is 13.8 Å². The lowest BCUT2D eigenvalue weighted by Crippen LogP contribution is -2.27. The summed E-state index contributed by atoms with van der Waals surface area (Å²) >= 11 is 1.10. The van der Waals surface area contributed by atoms with Gasteiger partial charge in [-0.05, 0) is 49.7 Å². The lowest BCUT2D eigenvalue weighted by Gasteiger charge is -2.14. The minimum atomic E-state index is -0.513. The van der Waals surface area contributed by atoms with E-state index in [9.17, 15) is 18.4 Å². The van der Waals surface area contributed by atoms with Crippen LogP contribution in [-0.2, 0) is 0 Å². The molecule has 2 N–H and O–H groups in total. The Labute approximate surface area is 165 Å². The topological polar surface area (TPSA) is 58.2 Å². The second-order valence-corrected chi connectivity index (χ2v) is 7.36. The minimum Gasteiger partial charge on any atom is -0.345 e. The Hall–Kier alpha value is -3.06. The van der Waals surface area contributed by atoms with Gasteiger partial charge in [-0.2, -0.15) is 0 Å². The van der Waals surface area contributed by atoms with Crippen LogP contribution in [0.2, 0.25) is 0 Å². The van der Waals surface area contributed by atoms with E-state index < -0.39 is 17.8 Å². The van der Waals surface area contributed by atoms with E-state index in [1.54, 1.807) is 38.1 Å². The van der Waals surface area contributed by atoms with Gasteiger partial charge in [-0.25, -0.2) is 8.78 Å². The number of aryl methyl sites for hydroxylation is 1. The number of thiophene rings is 1. The monoisotopic (exact) mass is 400 g/mol. The molecule has 2 amide bonds. The van der Waals surface area contributed by atoms with Gasteiger partial charge in [-0.3, -0.25) is 9.59 Å². The maximum absolute atomic E-state index is 13.9. The van der Waals surface area contributed by atoms with Crippen LogP contribution in [-0.4, -0.2) is 11.8 Å². The predicted molar refractivity (Wildman–Crippen MR) is 106 cm³/mol. The maximum Gasteiger partial charge on any atom is 0.262 e. The number of hydrogen-bond acceptors (Lipinski definition) is 3. The second kappa shape index (κ2) is 8.31. The molecule has 0 aliphatic heterocycles. The molecule has 4 nitrogen and oxygen atoms in total. The van der Waals surface area contributed by atoms with Crippen molar-refractivity contribution in [1.82, 2.24) is 5.32 Å². The van der Waals surface area contributed by atoms with Crippen LogP contribution < -0.4 is 10.6 Å². The number of rotatable bonds is 5. The smallest absolute Gasteiger partial charge is 0.262 e. The first-order valence-corrected chi connectivity index (χ1v) is 9.39. The zero-order valence-corrected chi connectivity index (χ0v) is 16.1. The van der Waals surface area contributed by atoms with E-state index in [1.165, 1.54) is 24.3 Å². The molecule has 0 saturated carbocycles. The fourth-order valence-corrected chi connectivity index (χ4v) is 3.72. The van der Waals surface area contributed by atoms with Crippen molar-refractivity contribution in [2.45, 2.75) is 19.9 Å². The number of anilines is 1. The van der Waals surface area contributed by atoms with E-state index in [-0.39, 0.29) is 17.3 Å². The fraction of sp³-hybridized carbons (Fsp3) is 0.143. The minimum absolute atomic E-state index is 0.185. The molecule has 0 unspecified atom stereocenters. The zero-order chi connectivity index (χ0) is 20.3. The molecule has 0 saturated heterocycles. The summed E-state index contributed by atoms with van der Waals surface area (Å²) in [6.45, 7) is 3.45. The first kappa shape index (κ1) is 19.7. The number of carbonyl (C=O) groups excluding carboxylic acids is 2. The number of amides is 2. The SMILES string of the molecule is Cc1cc(NC(=O)c2cccc(F)c2)sc1C(=O)N[C@@H](C)c1ccccc1F. The first-order chi connectivity index (χ1) is 13.3. The zero-order valence-electron chi connectivity index (χ0n) is 15.3. The van der Waals surface area contributed by atoms with Crippen LogP contribution in [0.3, 0.4) is 0 Å². The Morgan fingerprint density at radius 1 is 1.00 bits per heavy atom. The molecule has 2 aromatic carbocycles. The number of benzene rings is 2. The number of halogens is 2. The first-order valence-electron chi connectivity index (χ1n) is 8.58. The predicted octanol–water partition coefficient (Wildman–Crippen LogP) is 5.08. The average Bonchev–Trinajstić information content (AvgIpc) is 3.02. The van der Waals surface area contributed by atoms with Gasteiger partial charge < -0.3 is 10.6 Å². The van der Waals surface area contributed by atoms with E-state index in [0.717, 1.165) is 17.4 Å². The van der Waals surface area contributed by atoms with Crippen LogP contribution in [0.25, 0.3) is 0 Å². The van der Waals surface area contributed by atoms with Gasteiger partial charge in [0.2, 0.25) is 0 Å². The molecule has 144 valence electrons. The number of carbonyl (C=O) groups is 2. The van der Waals surface area contributed by atoms with E-state index in [4.69, 9.17) is 0 Å². The van der Waals surface area contributed by atoms with E-state index >= 15 is 0 Å². The Kier molecular flexibility index (Phi) is 5.84.